The Kier molecular flexibility index (Phi) is 3.72. The Balaban J connectivity index is 1.61. The molecule has 4 aromatic carbocycles. The van der Waals surface area contributed by atoms with Crippen molar-refractivity contribution in [2.75, 3.05) is 10.2 Å². The number of hydrazone groups is 1. The van der Waals surface area contributed by atoms with Crippen LogP contribution in [0.2, 0.25) is 0 Å². The van der Waals surface area contributed by atoms with Crippen LogP contribution in [-0.2, 0) is 0 Å². The molecular formula is C23H18N4. The van der Waals surface area contributed by atoms with Gasteiger partial charge in [-0.25, -0.2) is 0 Å². The molecule has 130 valence electrons. The third-order valence-electron chi connectivity index (χ3n) is 4.61. The van der Waals surface area contributed by atoms with Gasteiger partial charge in [-0.3, -0.25) is 5.43 Å². The minimum atomic E-state index is 0.813. The van der Waals surface area contributed by atoms with Gasteiger partial charge in [-0.1, -0.05) is 78.9 Å². The predicted molar refractivity (Wildman–Crippen MR) is 111 cm³/mol. The summed E-state index contributed by atoms with van der Waals surface area (Å²) in [4.78, 5) is 0. The van der Waals surface area contributed by atoms with E-state index in [4.69, 9.17) is 5.10 Å². The fourth-order valence-electron chi connectivity index (χ4n) is 3.25. The lowest BCUT2D eigenvalue weighted by atomic mass is 10.1. The molecule has 1 heterocycles. The van der Waals surface area contributed by atoms with Gasteiger partial charge in [0.05, 0.1) is 11.4 Å². The van der Waals surface area contributed by atoms with E-state index in [-0.39, 0.29) is 0 Å². The Morgan fingerprint density at radius 1 is 0.593 bits per heavy atom. The van der Waals surface area contributed by atoms with Crippen molar-refractivity contribution in [2.45, 2.75) is 0 Å². The van der Waals surface area contributed by atoms with E-state index in [0.717, 1.165) is 22.8 Å². The third-order valence-corrected chi connectivity index (χ3v) is 4.61. The largest absolute Gasteiger partial charge is 0.259 e. The lowest BCUT2D eigenvalue weighted by Gasteiger charge is -2.28. The van der Waals surface area contributed by atoms with Crippen molar-refractivity contribution in [2.24, 2.45) is 5.10 Å². The first kappa shape index (κ1) is 15.5. The van der Waals surface area contributed by atoms with Crippen LogP contribution in [0.1, 0.15) is 5.56 Å². The van der Waals surface area contributed by atoms with Crippen LogP contribution in [0.4, 0.5) is 11.4 Å². The zero-order valence-corrected chi connectivity index (χ0v) is 14.7. The number of nitrogens with zero attached hydrogens (tertiary/aromatic N) is 3. The van der Waals surface area contributed by atoms with Crippen molar-refractivity contribution in [3.8, 4) is 0 Å². The SMILES string of the molecule is c1ccc(C2=NN(c3ccc4ccccc4c3)N(c3ccccc3)N2)cc1. The number of amidine groups is 1. The van der Waals surface area contributed by atoms with Crippen LogP contribution < -0.4 is 15.7 Å². The van der Waals surface area contributed by atoms with Gasteiger partial charge in [0, 0.05) is 5.56 Å². The molecule has 5 rings (SSSR count). The summed E-state index contributed by atoms with van der Waals surface area (Å²) >= 11 is 0. The molecule has 0 radical (unpaired) electrons. The molecule has 0 bridgehead atoms. The molecule has 27 heavy (non-hydrogen) atoms. The van der Waals surface area contributed by atoms with Gasteiger partial charge >= 0.3 is 0 Å². The van der Waals surface area contributed by atoms with E-state index in [0.29, 0.717) is 0 Å². The third kappa shape index (κ3) is 2.87. The standard InChI is InChI=1S/C23H18N4/c1-3-10-19(11-4-1)23-24-26(21-13-5-2-6-14-21)27(25-23)22-16-15-18-9-7-8-12-20(18)17-22/h1-17H,(H,24,25). The summed E-state index contributed by atoms with van der Waals surface area (Å²) in [7, 11) is 0. The summed E-state index contributed by atoms with van der Waals surface area (Å²) in [6, 6.07) is 35.1. The Morgan fingerprint density at radius 2 is 1.26 bits per heavy atom. The average molecular weight is 350 g/mol. The van der Waals surface area contributed by atoms with Gasteiger partial charge in [-0.15, -0.1) is 5.10 Å². The summed E-state index contributed by atoms with van der Waals surface area (Å²) in [6.07, 6.45) is 0. The predicted octanol–water partition coefficient (Wildman–Crippen LogP) is 4.95. The average Bonchev–Trinajstić information content (AvgIpc) is 3.20. The smallest absolute Gasteiger partial charge is 0.176 e. The van der Waals surface area contributed by atoms with Crippen LogP contribution in [0.15, 0.2) is 108 Å². The summed E-state index contributed by atoms with van der Waals surface area (Å²) in [5.74, 6) is 0.813. The summed E-state index contributed by atoms with van der Waals surface area (Å²) in [5.41, 5.74) is 6.48. The van der Waals surface area contributed by atoms with Crippen LogP contribution in [0.5, 0.6) is 0 Å². The van der Waals surface area contributed by atoms with Gasteiger partial charge in [-0.05, 0) is 35.0 Å². The van der Waals surface area contributed by atoms with E-state index in [1.807, 2.05) is 46.6 Å². The summed E-state index contributed by atoms with van der Waals surface area (Å²) in [5, 5.41) is 11.1. The first-order chi connectivity index (χ1) is 13.4. The lowest BCUT2D eigenvalue weighted by Crippen LogP contribution is -2.44. The summed E-state index contributed by atoms with van der Waals surface area (Å²) in [6.45, 7) is 0. The molecule has 0 aliphatic carbocycles. The van der Waals surface area contributed by atoms with E-state index in [1.165, 1.54) is 10.8 Å². The molecule has 0 saturated heterocycles. The fourth-order valence-corrected chi connectivity index (χ4v) is 3.25. The molecular weight excluding hydrogens is 332 g/mol. The van der Waals surface area contributed by atoms with Crippen molar-refractivity contribution in [3.05, 3.63) is 109 Å². The molecule has 0 unspecified atom stereocenters. The Hall–Kier alpha value is -3.79. The maximum absolute atomic E-state index is 4.86. The maximum Gasteiger partial charge on any atom is 0.176 e. The van der Waals surface area contributed by atoms with Crippen LogP contribution in [0, 0.1) is 0 Å². The van der Waals surface area contributed by atoms with E-state index < -0.39 is 0 Å². The molecule has 4 nitrogen and oxygen atoms in total. The van der Waals surface area contributed by atoms with Crippen molar-refractivity contribution in [1.82, 2.24) is 5.43 Å². The number of benzene rings is 4. The number of hydrogen-bond donors (Lipinski definition) is 1. The number of fused-ring (bicyclic) bond motifs is 1. The highest BCUT2D eigenvalue weighted by molar-refractivity contribution is 6.02. The fraction of sp³-hybridized carbons (Fsp3) is 0. The molecule has 0 atom stereocenters. The van der Waals surface area contributed by atoms with Crippen molar-refractivity contribution in [1.29, 1.82) is 0 Å². The molecule has 0 spiro atoms. The molecule has 1 aliphatic rings. The number of anilines is 2. The number of para-hydroxylation sites is 1. The number of hydrazine groups is 2. The number of rotatable bonds is 3. The molecule has 4 heteroatoms. The minimum Gasteiger partial charge on any atom is -0.259 e. The molecule has 0 saturated carbocycles. The second-order valence-corrected chi connectivity index (χ2v) is 6.39. The van der Waals surface area contributed by atoms with Crippen LogP contribution in [0.25, 0.3) is 10.8 Å². The lowest BCUT2D eigenvalue weighted by molar-refractivity contribution is 0.771. The number of hydrogen-bond acceptors (Lipinski definition) is 4. The van der Waals surface area contributed by atoms with Crippen molar-refractivity contribution in [3.63, 3.8) is 0 Å². The molecule has 1 aliphatic heterocycles. The topological polar surface area (TPSA) is 30.9 Å². The highest BCUT2D eigenvalue weighted by Gasteiger charge is 2.26. The molecule has 4 aromatic rings. The monoisotopic (exact) mass is 350 g/mol. The number of nitrogens with one attached hydrogen (secondary N) is 1. The van der Waals surface area contributed by atoms with E-state index >= 15 is 0 Å². The quantitative estimate of drug-likeness (QED) is 0.567. The van der Waals surface area contributed by atoms with E-state index in [9.17, 15) is 0 Å². The Bertz CT molecular complexity index is 1110. The van der Waals surface area contributed by atoms with Gasteiger partial charge in [0.15, 0.2) is 5.84 Å². The van der Waals surface area contributed by atoms with Crippen molar-refractivity contribution >= 4 is 28.0 Å². The Morgan fingerprint density at radius 3 is 2.04 bits per heavy atom. The van der Waals surface area contributed by atoms with Crippen LogP contribution in [-0.4, -0.2) is 5.84 Å². The minimum absolute atomic E-state index is 0.813. The molecule has 0 aromatic heterocycles. The van der Waals surface area contributed by atoms with Crippen LogP contribution >= 0.6 is 0 Å². The highest BCUT2D eigenvalue weighted by atomic mass is 15.9. The zero-order valence-electron chi connectivity index (χ0n) is 14.7. The van der Waals surface area contributed by atoms with E-state index in [2.05, 4.69) is 72.2 Å². The zero-order chi connectivity index (χ0) is 18.1. The molecule has 0 fully saturated rings. The molecule has 0 amide bonds. The van der Waals surface area contributed by atoms with Gasteiger partial charge < -0.3 is 0 Å². The summed E-state index contributed by atoms with van der Waals surface area (Å²) < 4.78 is 0. The molecule has 1 N–H and O–H groups in total. The van der Waals surface area contributed by atoms with Gasteiger partial charge in [-0.2, -0.15) is 10.2 Å². The maximum atomic E-state index is 4.86. The van der Waals surface area contributed by atoms with Crippen molar-refractivity contribution < 1.29 is 0 Å². The highest BCUT2D eigenvalue weighted by Crippen LogP contribution is 2.28. The second-order valence-electron chi connectivity index (χ2n) is 6.39. The normalized spacial score (nSPS) is 13.6. The van der Waals surface area contributed by atoms with Gasteiger partial charge in [0.25, 0.3) is 0 Å². The van der Waals surface area contributed by atoms with Gasteiger partial charge in [0.1, 0.15) is 0 Å². The first-order valence-electron chi connectivity index (χ1n) is 8.93. The Labute approximate surface area is 157 Å². The second kappa shape index (κ2) is 6.50. The van der Waals surface area contributed by atoms with E-state index in [1.54, 1.807) is 0 Å². The van der Waals surface area contributed by atoms with Crippen LogP contribution in [0.3, 0.4) is 0 Å². The first-order valence-corrected chi connectivity index (χ1v) is 8.93. The van der Waals surface area contributed by atoms with Gasteiger partial charge in [0.2, 0.25) is 0 Å².